The zero-order valence-corrected chi connectivity index (χ0v) is 15.1. The minimum Gasteiger partial charge on any atom is -0.344 e. The van der Waals surface area contributed by atoms with Gasteiger partial charge in [0.15, 0.2) is 0 Å². The lowest BCUT2D eigenvalue weighted by molar-refractivity contribution is -0.124. The Morgan fingerprint density at radius 2 is 2.12 bits per heavy atom. The Balaban J connectivity index is 1.88. The van der Waals surface area contributed by atoms with Gasteiger partial charge in [0.2, 0.25) is 5.91 Å². The zero-order chi connectivity index (χ0) is 16.9. The normalized spacial score (nSPS) is 24.8. The third-order valence-corrected chi connectivity index (χ3v) is 6.26. The van der Waals surface area contributed by atoms with Gasteiger partial charge in [-0.2, -0.15) is 0 Å². The summed E-state index contributed by atoms with van der Waals surface area (Å²) < 4.78 is 0. The lowest BCUT2D eigenvalue weighted by Gasteiger charge is -2.49. The summed E-state index contributed by atoms with van der Waals surface area (Å²) in [5.41, 5.74) is 3.08. The van der Waals surface area contributed by atoms with E-state index in [0.29, 0.717) is 6.42 Å². The quantitative estimate of drug-likeness (QED) is 0.895. The van der Waals surface area contributed by atoms with Crippen LogP contribution in [0.3, 0.4) is 0 Å². The summed E-state index contributed by atoms with van der Waals surface area (Å²) in [7, 11) is 0. The molecule has 2 aliphatic heterocycles. The second-order valence-electron chi connectivity index (χ2n) is 7.21. The van der Waals surface area contributed by atoms with Crippen LogP contribution in [0.2, 0.25) is 0 Å². The number of hydrogen-bond acceptors (Lipinski definition) is 3. The monoisotopic (exact) mass is 338 g/mol. The molecule has 1 unspecified atom stereocenters. The molecule has 1 N–H and O–H groups in total. The molecular weight excluding hydrogens is 316 g/mol. The Hall–Kier alpha value is -2.07. The molecule has 1 amide bonds. The number of aryl methyl sites for hydroxylation is 1. The number of benzene rings is 1. The number of thiophene rings is 1. The van der Waals surface area contributed by atoms with Gasteiger partial charge in [0, 0.05) is 28.9 Å². The fraction of sp³-hybridized carbons (Fsp3) is 0.350. The van der Waals surface area contributed by atoms with E-state index >= 15 is 0 Å². The first-order valence-electron chi connectivity index (χ1n) is 8.37. The summed E-state index contributed by atoms with van der Waals surface area (Å²) in [5.74, 6) is 0.125. The molecule has 2 aromatic rings. The van der Waals surface area contributed by atoms with Crippen LogP contribution in [0.25, 0.3) is 6.08 Å². The number of hydrogen-bond donors (Lipinski definition) is 1. The lowest BCUT2D eigenvalue weighted by Crippen LogP contribution is -2.68. The molecule has 1 saturated heterocycles. The minimum atomic E-state index is -0.511. The van der Waals surface area contributed by atoms with Gasteiger partial charge in [-0.3, -0.25) is 4.79 Å². The van der Waals surface area contributed by atoms with Crippen LogP contribution in [0.15, 0.2) is 41.8 Å². The van der Waals surface area contributed by atoms with Crippen LogP contribution in [0.1, 0.15) is 36.3 Å². The maximum Gasteiger partial charge on any atom is 0.223 e. The molecule has 4 heteroatoms. The molecule has 0 aliphatic carbocycles. The van der Waals surface area contributed by atoms with E-state index in [0.717, 1.165) is 6.54 Å². The largest absolute Gasteiger partial charge is 0.344 e. The van der Waals surface area contributed by atoms with Crippen LogP contribution in [0, 0.1) is 6.92 Å². The highest BCUT2D eigenvalue weighted by molar-refractivity contribution is 7.10. The van der Waals surface area contributed by atoms with E-state index in [2.05, 4.69) is 78.9 Å². The number of nitrogens with one attached hydrogen (secondary N) is 1. The predicted octanol–water partition coefficient (Wildman–Crippen LogP) is 4.08. The molecule has 1 fully saturated rings. The van der Waals surface area contributed by atoms with Crippen LogP contribution < -0.4 is 10.2 Å². The summed E-state index contributed by atoms with van der Waals surface area (Å²) in [6.45, 7) is 7.34. The number of rotatable bonds is 2. The van der Waals surface area contributed by atoms with Crippen LogP contribution >= 0.6 is 11.3 Å². The molecule has 4 rings (SSSR count). The van der Waals surface area contributed by atoms with Crippen LogP contribution in [0.4, 0.5) is 5.69 Å². The fourth-order valence-corrected chi connectivity index (χ4v) is 4.67. The highest BCUT2D eigenvalue weighted by Crippen LogP contribution is 2.52. The van der Waals surface area contributed by atoms with Crippen molar-refractivity contribution >= 4 is 29.0 Å². The average molecular weight is 338 g/mol. The Kier molecular flexibility index (Phi) is 3.36. The molecule has 3 nitrogen and oxygen atoms in total. The molecule has 0 spiro atoms. The molecule has 0 saturated carbocycles. The van der Waals surface area contributed by atoms with Crippen molar-refractivity contribution in [3.63, 3.8) is 0 Å². The smallest absolute Gasteiger partial charge is 0.223 e. The number of nitrogens with zero attached hydrogens (tertiary/aromatic N) is 1. The molecular formula is C20H22N2OS. The van der Waals surface area contributed by atoms with Gasteiger partial charge in [-0.15, -0.1) is 11.3 Å². The maximum atomic E-state index is 12.3. The summed E-state index contributed by atoms with van der Waals surface area (Å²) in [6.07, 6.45) is 4.87. The Labute approximate surface area is 147 Å². The second-order valence-corrected chi connectivity index (χ2v) is 8.19. The van der Waals surface area contributed by atoms with Gasteiger partial charge in [0.05, 0.1) is 0 Å². The van der Waals surface area contributed by atoms with Gasteiger partial charge in [0.1, 0.15) is 5.66 Å². The molecule has 124 valence electrons. The Morgan fingerprint density at radius 1 is 1.29 bits per heavy atom. The van der Waals surface area contributed by atoms with Crippen molar-refractivity contribution in [3.05, 3.63) is 57.8 Å². The molecule has 0 bridgehead atoms. The van der Waals surface area contributed by atoms with Gasteiger partial charge in [0.25, 0.3) is 0 Å². The van der Waals surface area contributed by atoms with Crippen molar-refractivity contribution < 1.29 is 4.79 Å². The number of carbonyl (C=O) groups is 1. The first-order chi connectivity index (χ1) is 11.4. The van der Waals surface area contributed by atoms with E-state index in [1.807, 2.05) is 0 Å². The third kappa shape index (κ3) is 2.06. The van der Waals surface area contributed by atoms with Gasteiger partial charge in [-0.1, -0.05) is 37.6 Å². The van der Waals surface area contributed by atoms with E-state index in [1.54, 1.807) is 11.3 Å². The number of anilines is 1. The third-order valence-electron chi connectivity index (χ3n) is 5.42. The van der Waals surface area contributed by atoms with E-state index in [4.69, 9.17) is 0 Å². The highest BCUT2D eigenvalue weighted by Gasteiger charge is 2.57. The summed E-state index contributed by atoms with van der Waals surface area (Å²) in [5, 5.41) is 5.39. The van der Waals surface area contributed by atoms with Gasteiger partial charge >= 0.3 is 0 Å². The zero-order valence-electron chi connectivity index (χ0n) is 14.3. The van der Waals surface area contributed by atoms with Gasteiger partial charge < -0.3 is 10.2 Å². The second kappa shape index (κ2) is 5.21. The highest BCUT2D eigenvalue weighted by atomic mass is 32.1. The first-order valence-corrected chi connectivity index (χ1v) is 9.24. The van der Waals surface area contributed by atoms with Crippen LogP contribution in [0.5, 0.6) is 0 Å². The molecule has 24 heavy (non-hydrogen) atoms. The first kappa shape index (κ1) is 15.5. The topological polar surface area (TPSA) is 32.3 Å². The van der Waals surface area contributed by atoms with E-state index in [9.17, 15) is 4.79 Å². The van der Waals surface area contributed by atoms with Crippen molar-refractivity contribution in [2.45, 2.75) is 38.3 Å². The SMILES string of the molecule is Cc1ccc2c(c1)C(C)(C)C1(C=Cc3cccs3)NC(=O)CCN21. The molecule has 3 heterocycles. The standard InChI is InChI=1S/C20H22N2OS/c1-14-6-7-17-16(13-14)19(2,3)20(10-8-15-5-4-12-24-15)21-18(23)9-11-22(17)20/h4-8,10,12-13H,9,11H2,1-3H3,(H,21,23). The average Bonchev–Trinajstić information content (AvgIpc) is 3.11. The summed E-state index contributed by atoms with van der Waals surface area (Å²) in [4.78, 5) is 15.9. The van der Waals surface area contributed by atoms with E-state index in [1.165, 1.54) is 21.7 Å². The number of amides is 1. The van der Waals surface area contributed by atoms with Crippen molar-refractivity contribution in [1.29, 1.82) is 0 Å². The fourth-order valence-electron chi connectivity index (χ4n) is 4.06. The van der Waals surface area contributed by atoms with E-state index in [-0.39, 0.29) is 11.3 Å². The molecule has 1 aromatic heterocycles. The van der Waals surface area contributed by atoms with Crippen molar-refractivity contribution in [2.24, 2.45) is 0 Å². The lowest BCUT2D eigenvalue weighted by atomic mass is 9.74. The molecule has 0 radical (unpaired) electrons. The van der Waals surface area contributed by atoms with Crippen molar-refractivity contribution in [2.75, 3.05) is 11.4 Å². The molecule has 1 atom stereocenters. The Bertz CT molecular complexity index is 822. The number of carbonyl (C=O) groups excluding carboxylic acids is 1. The summed E-state index contributed by atoms with van der Waals surface area (Å²) in [6, 6.07) is 10.8. The number of fused-ring (bicyclic) bond motifs is 3. The summed E-state index contributed by atoms with van der Waals surface area (Å²) >= 11 is 1.71. The molecule has 1 aromatic carbocycles. The van der Waals surface area contributed by atoms with Crippen molar-refractivity contribution in [3.8, 4) is 0 Å². The van der Waals surface area contributed by atoms with Crippen LogP contribution in [-0.2, 0) is 10.2 Å². The van der Waals surface area contributed by atoms with E-state index < -0.39 is 5.66 Å². The maximum absolute atomic E-state index is 12.3. The predicted molar refractivity (Wildman–Crippen MR) is 100 cm³/mol. The minimum absolute atomic E-state index is 0.125. The molecule has 2 aliphatic rings. The van der Waals surface area contributed by atoms with Gasteiger partial charge in [-0.25, -0.2) is 0 Å². The van der Waals surface area contributed by atoms with Crippen molar-refractivity contribution in [1.82, 2.24) is 5.32 Å². The Morgan fingerprint density at radius 3 is 2.88 bits per heavy atom. The van der Waals surface area contributed by atoms with Gasteiger partial charge in [-0.05, 0) is 42.2 Å². The van der Waals surface area contributed by atoms with Crippen LogP contribution in [-0.4, -0.2) is 18.1 Å².